The van der Waals surface area contributed by atoms with Gasteiger partial charge in [-0.25, -0.2) is 0 Å². The van der Waals surface area contributed by atoms with Crippen LogP contribution in [0.5, 0.6) is 0 Å². The van der Waals surface area contributed by atoms with Crippen LogP contribution in [0.3, 0.4) is 0 Å². The van der Waals surface area contributed by atoms with E-state index >= 15 is 0 Å². The van der Waals surface area contributed by atoms with Gasteiger partial charge in [0.15, 0.2) is 5.96 Å². The molecule has 0 saturated heterocycles. The standard InChI is InChI=1S/C34H56N4O2/c1-22(2)23(3)11-12-25(5)29-17-18-30-26(9-7-19-34(29,30)6)14-15-27-21-28(16-13-24(27)4)40-32(39)31(35)10-8-20-38-33(36)37/h11-12,14-15,22-23,25,28-31H,4,7-10,13,16-21,35H2,1-3,5-6H3,(H4,36,37,38)/b12-11+,26-14+,27-15-/t23-,25+,28-,29+,30-,31+,34+/m0/s1. The molecule has 7 atom stereocenters. The summed E-state index contributed by atoms with van der Waals surface area (Å²) < 4.78 is 5.82. The number of rotatable bonds is 11. The van der Waals surface area contributed by atoms with Crippen LogP contribution in [0.2, 0.25) is 0 Å². The van der Waals surface area contributed by atoms with E-state index in [1.807, 2.05) is 0 Å². The van der Waals surface area contributed by atoms with Crippen LogP contribution in [-0.4, -0.2) is 30.6 Å². The molecule has 0 aliphatic heterocycles. The first-order valence-corrected chi connectivity index (χ1v) is 15.7. The third kappa shape index (κ3) is 8.34. The van der Waals surface area contributed by atoms with E-state index in [0.29, 0.717) is 54.9 Å². The van der Waals surface area contributed by atoms with Crippen molar-refractivity contribution in [1.82, 2.24) is 0 Å². The van der Waals surface area contributed by atoms with Crippen molar-refractivity contribution in [1.29, 1.82) is 0 Å². The molecule has 3 aliphatic carbocycles. The van der Waals surface area contributed by atoms with Crippen LogP contribution in [0.15, 0.2) is 52.6 Å². The Morgan fingerprint density at radius 3 is 2.58 bits per heavy atom. The van der Waals surface area contributed by atoms with E-state index in [-0.39, 0.29) is 18.0 Å². The predicted molar refractivity (Wildman–Crippen MR) is 167 cm³/mol. The SMILES string of the molecule is C=C1CC[C@H](OC(=O)[C@H](N)CCCN=C(N)N)C/C1=C/C=C1\CCC[C@]2(C)[C@@H]([C@H](C)/C=C/[C@H](C)C(C)C)CC[C@@H]12. The highest BCUT2D eigenvalue weighted by Crippen LogP contribution is 2.59. The lowest BCUT2D eigenvalue weighted by molar-refractivity contribution is -0.151. The second-order valence-electron chi connectivity index (χ2n) is 13.3. The van der Waals surface area contributed by atoms with Gasteiger partial charge in [0.2, 0.25) is 0 Å². The Balaban J connectivity index is 1.62. The van der Waals surface area contributed by atoms with Gasteiger partial charge in [0.05, 0.1) is 0 Å². The largest absolute Gasteiger partial charge is 0.461 e. The highest BCUT2D eigenvalue weighted by molar-refractivity contribution is 5.76. The van der Waals surface area contributed by atoms with Gasteiger partial charge in [0, 0.05) is 13.0 Å². The summed E-state index contributed by atoms with van der Waals surface area (Å²) in [5, 5.41) is 0. The van der Waals surface area contributed by atoms with Gasteiger partial charge in [-0.15, -0.1) is 0 Å². The maximum atomic E-state index is 12.6. The number of allylic oxidation sites excluding steroid dienone is 6. The van der Waals surface area contributed by atoms with Crippen molar-refractivity contribution in [3.63, 3.8) is 0 Å². The number of hydrogen-bond donors (Lipinski definition) is 3. The smallest absolute Gasteiger partial charge is 0.323 e. The minimum atomic E-state index is -0.657. The zero-order valence-corrected chi connectivity index (χ0v) is 25.8. The minimum Gasteiger partial charge on any atom is -0.461 e. The zero-order chi connectivity index (χ0) is 29.4. The van der Waals surface area contributed by atoms with Crippen LogP contribution in [-0.2, 0) is 9.53 Å². The van der Waals surface area contributed by atoms with Crippen LogP contribution in [0.4, 0.5) is 0 Å². The quantitative estimate of drug-likeness (QED) is 0.0881. The van der Waals surface area contributed by atoms with Gasteiger partial charge in [-0.1, -0.05) is 76.6 Å². The maximum Gasteiger partial charge on any atom is 0.323 e. The molecule has 0 heterocycles. The summed E-state index contributed by atoms with van der Waals surface area (Å²) in [5.41, 5.74) is 21.1. The Kier molecular flexibility index (Phi) is 11.7. The van der Waals surface area contributed by atoms with Crippen molar-refractivity contribution in [2.75, 3.05) is 6.54 Å². The van der Waals surface area contributed by atoms with E-state index in [1.165, 1.54) is 37.7 Å². The van der Waals surface area contributed by atoms with Gasteiger partial charge < -0.3 is 21.9 Å². The van der Waals surface area contributed by atoms with E-state index in [9.17, 15) is 4.79 Å². The number of nitrogens with zero attached hydrogens (tertiary/aromatic N) is 1. The highest BCUT2D eigenvalue weighted by Gasteiger charge is 2.50. The Morgan fingerprint density at radius 2 is 1.88 bits per heavy atom. The Hall–Kier alpha value is -2.34. The first kappa shape index (κ1) is 32.2. The maximum absolute atomic E-state index is 12.6. The number of hydrogen-bond acceptors (Lipinski definition) is 4. The van der Waals surface area contributed by atoms with Gasteiger partial charge in [-0.2, -0.15) is 0 Å². The number of aliphatic imine (C=N–C) groups is 1. The topological polar surface area (TPSA) is 117 Å². The average Bonchev–Trinajstić information content (AvgIpc) is 3.26. The second-order valence-corrected chi connectivity index (χ2v) is 13.3. The monoisotopic (exact) mass is 552 g/mol. The number of nitrogens with two attached hydrogens (primary N) is 3. The van der Waals surface area contributed by atoms with Gasteiger partial charge in [-0.05, 0) is 98.4 Å². The van der Waals surface area contributed by atoms with Crippen LogP contribution < -0.4 is 17.2 Å². The molecule has 3 fully saturated rings. The Labute approximate surface area is 243 Å². The lowest BCUT2D eigenvalue weighted by Gasteiger charge is -2.44. The molecule has 3 rings (SSSR count). The lowest BCUT2D eigenvalue weighted by atomic mass is 9.61. The molecule has 3 aliphatic rings. The lowest BCUT2D eigenvalue weighted by Crippen LogP contribution is -2.36. The predicted octanol–water partition coefficient (Wildman–Crippen LogP) is 6.57. The van der Waals surface area contributed by atoms with Crippen LogP contribution in [0, 0.1) is 35.0 Å². The van der Waals surface area contributed by atoms with Crippen molar-refractivity contribution >= 4 is 11.9 Å². The molecule has 6 N–H and O–H groups in total. The fourth-order valence-corrected chi connectivity index (χ4v) is 7.22. The van der Waals surface area contributed by atoms with E-state index in [2.05, 4.69) is 70.5 Å². The van der Waals surface area contributed by atoms with Crippen molar-refractivity contribution in [3.8, 4) is 0 Å². The Morgan fingerprint density at radius 1 is 1.12 bits per heavy atom. The number of fused-ring (bicyclic) bond motifs is 1. The molecule has 40 heavy (non-hydrogen) atoms. The fourth-order valence-electron chi connectivity index (χ4n) is 7.22. The molecule has 224 valence electrons. The summed E-state index contributed by atoms with van der Waals surface area (Å²) in [6.45, 7) is 16.7. The van der Waals surface area contributed by atoms with Gasteiger partial charge in [-0.3, -0.25) is 9.79 Å². The molecule has 6 nitrogen and oxygen atoms in total. The molecular weight excluding hydrogens is 496 g/mol. The summed E-state index contributed by atoms with van der Waals surface area (Å²) in [6, 6.07) is -0.657. The summed E-state index contributed by atoms with van der Waals surface area (Å²) in [7, 11) is 0. The van der Waals surface area contributed by atoms with Crippen molar-refractivity contribution in [2.24, 2.45) is 57.2 Å². The van der Waals surface area contributed by atoms with E-state index in [0.717, 1.165) is 24.3 Å². The number of carbonyl (C=O) groups excluding carboxylic acids is 1. The number of carbonyl (C=O) groups is 1. The number of guanidine groups is 1. The summed E-state index contributed by atoms with van der Waals surface area (Å²) in [4.78, 5) is 16.5. The van der Waals surface area contributed by atoms with Crippen LogP contribution in [0.1, 0.15) is 98.8 Å². The van der Waals surface area contributed by atoms with Gasteiger partial charge >= 0.3 is 5.97 Å². The van der Waals surface area contributed by atoms with Gasteiger partial charge in [0.1, 0.15) is 12.1 Å². The summed E-state index contributed by atoms with van der Waals surface area (Å²) in [6.07, 6.45) is 19.3. The van der Waals surface area contributed by atoms with E-state index < -0.39 is 6.04 Å². The third-order valence-corrected chi connectivity index (χ3v) is 10.2. The summed E-state index contributed by atoms with van der Waals surface area (Å²) >= 11 is 0. The first-order chi connectivity index (χ1) is 18.9. The zero-order valence-electron chi connectivity index (χ0n) is 25.8. The third-order valence-electron chi connectivity index (χ3n) is 10.2. The van der Waals surface area contributed by atoms with Gasteiger partial charge in [0.25, 0.3) is 0 Å². The molecule has 0 aromatic rings. The molecule has 0 aromatic heterocycles. The molecule has 0 radical (unpaired) electrons. The van der Waals surface area contributed by atoms with Crippen molar-refractivity contribution in [3.05, 3.63) is 47.6 Å². The van der Waals surface area contributed by atoms with Crippen LogP contribution >= 0.6 is 0 Å². The van der Waals surface area contributed by atoms with Crippen molar-refractivity contribution < 1.29 is 9.53 Å². The molecular formula is C34H56N4O2. The molecule has 6 heteroatoms. The second kappa shape index (κ2) is 14.5. The number of esters is 1. The molecule has 0 bridgehead atoms. The minimum absolute atomic E-state index is 0.0527. The molecule has 0 aromatic carbocycles. The fraction of sp³-hybridized carbons (Fsp3) is 0.706. The molecule has 0 spiro atoms. The Bertz CT molecular complexity index is 1010. The number of ether oxygens (including phenoxy) is 1. The molecule has 0 unspecified atom stereocenters. The first-order valence-electron chi connectivity index (χ1n) is 15.7. The summed E-state index contributed by atoms with van der Waals surface area (Å²) in [5.74, 6) is 3.02. The highest BCUT2D eigenvalue weighted by atomic mass is 16.5. The van der Waals surface area contributed by atoms with Crippen molar-refractivity contribution in [2.45, 2.75) is 111 Å². The average molecular weight is 553 g/mol. The van der Waals surface area contributed by atoms with E-state index in [1.54, 1.807) is 5.57 Å². The molecule has 0 amide bonds. The normalized spacial score (nSPS) is 31.4. The van der Waals surface area contributed by atoms with Crippen LogP contribution in [0.25, 0.3) is 0 Å². The molecule has 3 saturated carbocycles. The van der Waals surface area contributed by atoms with E-state index in [4.69, 9.17) is 21.9 Å².